The van der Waals surface area contributed by atoms with Crippen LogP contribution in [-0.2, 0) is 5.75 Å². The van der Waals surface area contributed by atoms with E-state index in [-0.39, 0.29) is 11.4 Å². The number of hydrogen-bond acceptors (Lipinski definition) is 5. The first-order valence-electron chi connectivity index (χ1n) is 10.2. The second kappa shape index (κ2) is 7.07. The molecule has 0 aromatic carbocycles. The van der Waals surface area contributed by atoms with Crippen LogP contribution in [0.15, 0.2) is 41.7 Å². The Labute approximate surface area is 169 Å². The van der Waals surface area contributed by atoms with Crippen molar-refractivity contribution in [1.29, 1.82) is 0 Å². The molecule has 6 heteroatoms. The quantitative estimate of drug-likeness (QED) is 0.748. The second-order valence-electron chi connectivity index (χ2n) is 8.89. The number of aromatic nitrogens is 2. The van der Waals surface area contributed by atoms with Gasteiger partial charge in [-0.15, -0.1) is 11.8 Å². The summed E-state index contributed by atoms with van der Waals surface area (Å²) < 4.78 is 0. The Balaban J connectivity index is 1.32. The first-order chi connectivity index (χ1) is 13.6. The van der Waals surface area contributed by atoms with E-state index < -0.39 is 0 Å². The third-order valence-corrected chi connectivity index (χ3v) is 7.73. The van der Waals surface area contributed by atoms with Gasteiger partial charge in [0.25, 0.3) is 5.91 Å². The molecule has 0 unspecified atom stereocenters. The zero-order chi connectivity index (χ0) is 19.1. The summed E-state index contributed by atoms with van der Waals surface area (Å²) in [4.78, 5) is 21.7. The number of nitrogen functional groups attached to an aromatic ring is 1. The van der Waals surface area contributed by atoms with Gasteiger partial charge in [-0.1, -0.05) is 0 Å². The van der Waals surface area contributed by atoms with Crippen LogP contribution in [0.5, 0.6) is 0 Å². The van der Waals surface area contributed by atoms with Crippen molar-refractivity contribution in [2.45, 2.75) is 54.8 Å². The summed E-state index contributed by atoms with van der Waals surface area (Å²) >= 11 is 1.57. The molecule has 28 heavy (non-hydrogen) atoms. The van der Waals surface area contributed by atoms with Crippen molar-refractivity contribution in [3.05, 3.63) is 47.8 Å². The van der Waals surface area contributed by atoms with Crippen LogP contribution in [-0.4, -0.2) is 21.4 Å². The highest BCUT2D eigenvalue weighted by Gasteiger charge is 2.51. The van der Waals surface area contributed by atoms with Crippen molar-refractivity contribution in [3.8, 4) is 0 Å². The Kier molecular flexibility index (Phi) is 4.54. The van der Waals surface area contributed by atoms with Crippen LogP contribution in [0.2, 0.25) is 0 Å². The number of anilines is 1. The number of thioether (sulfide) groups is 1. The molecule has 3 N–H and O–H groups in total. The third-order valence-electron chi connectivity index (χ3n) is 6.65. The van der Waals surface area contributed by atoms with Crippen LogP contribution in [0.1, 0.15) is 54.4 Å². The minimum atomic E-state index is 0.0170. The molecule has 4 bridgehead atoms. The van der Waals surface area contributed by atoms with E-state index in [9.17, 15) is 4.79 Å². The highest BCUT2D eigenvalue weighted by Crippen LogP contribution is 2.55. The number of amides is 1. The van der Waals surface area contributed by atoms with Gasteiger partial charge in [0.1, 0.15) is 10.8 Å². The Bertz CT molecular complexity index is 864. The SMILES string of the molecule is Nc1cc(CSc2ncccc2C(=O)NC23CC4CC(CC(C4)C2)C3)ccn1. The van der Waals surface area contributed by atoms with Gasteiger partial charge in [-0.05, 0) is 86.1 Å². The lowest BCUT2D eigenvalue weighted by Gasteiger charge is -2.56. The summed E-state index contributed by atoms with van der Waals surface area (Å²) in [6.07, 6.45) is 11.1. The van der Waals surface area contributed by atoms with Crippen LogP contribution in [0.25, 0.3) is 0 Å². The molecule has 6 rings (SSSR count). The predicted octanol–water partition coefficient (Wildman–Crippen LogP) is 4.05. The number of nitrogens with two attached hydrogens (primary N) is 1. The molecule has 4 aliphatic rings. The smallest absolute Gasteiger partial charge is 0.254 e. The number of carbonyl (C=O) groups excluding carboxylic acids is 1. The lowest BCUT2D eigenvalue weighted by Crippen LogP contribution is -2.59. The summed E-state index contributed by atoms with van der Waals surface area (Å²) in [5, 5.41) is 4.24. The summed E-state index contributed by atoms with van der Waals surface area (Å²) in [5.74, 6) is 3.69. The molecule has 0 saturated heterocycles. The third kappa shape index (κ3) is 3.50. The molecule has 4 saturated carbocycles. The Morgan fingerprint density at radius 3 is 2.50 bits per heavy atom. The van der Waals surface area contributed by atoms with Gasteiger partial charge in [-0.3, -0.25) is 4.79 Å². The topological polar surface area (TPSA) is 80.9 Å². The maximum Gasteiger partial charge on any atom is 0.254 e. The van der Waals surface area contributed by atoms with Crippen LogP contribution in [0, 0.1) is 17.8 Å². The number of hydrogen-bond donors (Lipinski definition) is 2. The molecule has 2 aromatic rings. The molecular weight excluding hydrogens is 368 g/mol. The van der Waals surface area contributed by atoms with Crippen molar-refractivity contribution < 1.29 is 4.79 Å². The Hall–Kier alpha value is -2.08. The maximum atomic E-state index is 13.2. The van der Waals surface area contributed by atoms with Gasteiger partial charge in [0.15, 0.2) is 0 Å². The van der Waals surface area contributed by atoms with Gasteiger partial charge in [-0.2, -0.15) is 0 Å². The van der Waals surface area contributed by atoms with Crippen molar-refractivity contribution in [1.82, 2.24) is 15.3 Å². The molecule has 2 aromatic heterocycles. The number of nitrogens with one attached hydrogen (secondary N) is 1. The van der Waals surface area contributed by atoms with Crippen molar-refractivity contribution >= 4 is 23.5 Å². The number of nitrogens with zero attached hydrogens (tertiary/aromatic N) is 2. The molecule has 0 atom stereocenters. The molecule has 4 aliphatic carbocycles. The van der Waals surface area contributed by atoms with E-state index in [1.165, 1.54) is 19.3 Å². The normalized spacial score (nSPS) is 30.4. The largest absolute Gasteiger partial charge is 0.384 e. The Morgan fingerprint density at radius 1 is 1.11 bits per heavy atom. The van der Waals surface area contributed by atoms with E-state index in [1.807, 2.05) is 24.3 Å². The zero-order valence-electron chi connectivity index (χ0n) is 15.9. The number of carbonyl (C=O) groups is 1. The highest BCUT2D eigenvalue weighted by molar-refractivity contribution is 7.98. The van der Waals surface area contributed by atoms with Gasteiger partial charge >= 0.3 is 0 Å². The van der Waals surface area contributed by atoms with Crippen molar-refractivity contribution in [3.63, 3.8) is 0 Å². The van der Waals surface area contributed by atoms with Crippen LogP contribution in [0.4, 0.5) is 5.82 Å². The minimum Gasteiger partial charge on any atom is -0.384 e. The predicted molar refractivity (Wildman–Crippen MR) is 111 cm³/mol. The number of pyridine rings is 2. The van der Waals surface area contributed by atoms with Crippen molar-refractivity contribution in [2.24, 2.45) is 17.8 Å². The summed E-state index contributed by atoms with van der Waals surface area (Å²) in [6.45, 7) is 0. The van der Waals surface area contributed by atoms with E-state index in [4.69, 9.17) is 5.73 Å². The average Bonchev–Trinajstić information content (AvgIpc) is 2.65. The fourth-order valence-electron chi connectivity index (χ4n) is 5.99. The van der Waals surface area contributed by atoms with E-state index in [2.05, 4.69) is 15.3 Å². The lowest BCUT2D eigenvalue weighted by atomic mass is 9.53. The minimum absolute atomic E-state index is 0.0170. The number of rotatable bonds is 5. The molecule has 2 heterocycles. The molecule has 0 radical (unpaired) electrons. The summed E-state index contributed by atoms with van der Waals surface area (Å²) in [7, 11) is 0. The monoisotopic (exact) mass is 394 g/mol. The van der Waals surface area contributed by atoms with Crippen LogP contribution in [0.3, 0.4) is 0 Å². The molecule has 0 spiro atoms. The van der Waals surface area contributed by atoms with Crippen LogP contribution < -0.4 is 11.1 Å². The summed E-state index contributed by atoms with van der Waals surface area (Å²) in [5.41, 5.74) is 7.55. The van der Waals surface area contributed by atoms with E-state index in [0.29, 0.717) is 17.1 Å². The van der Waals surface area contributed by atoms with Gasteiger partial charge in [0, 0.05) is 23.7 Å². The lowest BCUT2D eigenvalue weighted by molar-refractivity contribution is -0.0167. The molecule has 4 fully saturated rings. The van der Waals surface area contributed by atoms with Gasteiger partial charge < -0.3 is 11.1 Å². The fourth-order valence-corrected chi connectivity index (χ4v) is 6.92. The molecule has 0 aliphatic heterocycles. The molecular formula is C22H26N4OS. The zero-order valence-corrected chi connectivity index (χ0v) is 16.8. The van der Waals surface area contributed by atoms with Gasteiger partial charge in [0.05, 0.1) is 5.56 Å². The van der Waals surface area contributed by atoms with Crippen LogP contribution >= 0.6 is 11.8 Å². The highest BCUT2D eigenvalue weighted by atomic mass is 32.2. The first-order valence-corrected chi connectivity index (χ1v) is 11.2. The van der Waals surface area contributed by atoms with E-state index in [1.54, 1.807) is 24.2 Å². The van der Waals surface area contributed by atoms with Crippen molar-refractivity contribution in [2.75, 3.05) is 5.73 Å². The Morgan fingerprint density at radius 2 is 1.82 bits per heavy atom. The maximum absolute atomic E-state index is 13.2. The second-order valence-corrected chi connectivity index (χ2v) is 9.85. The molecule has 5 nitrogen and oxygen atoms in total. The average molecular weight is 395 g/mol. The standard InChI is InChI=1S/C22H26N4OS/c23-19-9-14(3-5-24-19)13-28-21-18(2-1-4-25-21)20(27)26-22-10-15-6-16(11-22)8-17(7-15)12-22/h1-5,9,15-17H,6-8,10-13H2,(H2,23,24)(H,26,27). The van der Waals surface area contributed by atoms with Gasteiger partial charge in [0.2, 0.25) is 0 Å². The summed E-state index contributed by atoms with van der Waals surface area (Å²) in [6, 6.07) is 7.56. The fraction of sp³-hybridized carbons (Fsp3) is 0.500. The van der Waals surface area contributed by atoms with E-state index in [0.717, 1.165) is 47.6 Å². The molecule has 1 amide bonds. The van der Waals surface area contributed by atoms with E-state index >= 15 is 0 Å². The molecule has 146 valence electrons. The first kappa shape index (κ1) is 18.0. The van der Waals surface area contributed by atoms with Gasteiger partial charge in [-0.25, -0.2) is 9.97 Å².